The zero-order valence-corrected chi connectivity index (χ0v) is 10.2. The monoisotopic (exact) mass is 264 g/mol. The van der Waals surface area contributed by atoms with Gasteiger partial charge in [-0.2, -0.15) is 15.2 Å². The van der Waals surface area contributed by atoms with Gasteiger partial charge in [0.15, 0.2) is 0 Å². The fraction of sp³-hybridized carbons (Fsp3) is 0.300. The summed E-state index contributed by atoms with van der Waals surface area (Å²) in [5.74, 6) is -0.274. The third-order valence-corrected chi connectivity index (χ3v) is 2.25. The Kier molecular flexibility index (Phi) is 3.98. The standard InChI is InChI=1S/C10H12N6O3/c1-19-5-4-16-8(17)3-2-7(15-16)9(18)13-10-11-6-12-14-10/h2-3,6H,4-5H2,1H3,(H2,11,12,13,14,18). The molecule has 1 amide bonds. The molecule has 0 atom stereocenters. The van der Waals surface area contributed by atoms with Gasteiger partial charge in [0.05, 0.1) is 13.2 Å². The third-order valence-electron chi connectivity index (χ3n) is 2.25. The molecular weight excluding hydrogens is 252 g/mol. The number of amides is 1. The first-order valence-corrected chi connectivity index (χ1v) is 5.44. The molecule has 2 rings (SSSR count). The van der Waals surface area contributed by atoms with Crippen molar-refractivity contribution >= 4 is 11.9 Å². The zero-order chi connectivity index (χ0) is 13.7. The van der Waals surface area contributed by atoms with E-state index in [4.69, 9.17) is 4.74 Å². The number of aromatic amines is 1. The fourth-order valence-electron chi connectivity index (χ4n) is 1.35. The molecule has 100 valence electrons. The van der Waals surface area contributed by atoms with Crippen LogP contribution in [-0.2, 0) is 11.3 Å². The Bertz CT molecular complexity index is 606. The first-order chi connectivity index (χ1) is 9.20. The van der Waals surface area contributed by atoms with Crippen molar-refractivity contribution in [3.63, 3.8) is 0 Å². The van der Waals surface area contributed by atoms with Crippen LogP contribution in [0.2, 0.25) is 0 Å². The van der Waals surface area contributed by atoms with Crippen LogP contribution in [0.25, 0.3) is 0 Å². The van der Waals surface area contributed by atoms with Crippen molar-refractivity contribution in [1.82, 2.24) is 25.0 Å². The minimum atomic E-state index is -0.483. The average Bonchev–Trinajstić information content (AvgIpc) is 2.90. The van der Waals surface area contributed by atoms with E-state index in [0.29, 0.717) is 6.61 Å². The van der Waals surface area contributed by atoms with Crippen molar-refractivity contribution in [2.45, 2.75) is 6.54 Å². The number of hydrogen-bond acceptors (Lipinski definition) is 6. The van der Waals surface area contributed by atoms with Gasteiger partial charge in [0.1, 0.15) is 12.0 Å². The maximum Gasteiger partial charge on any atom is 0.278 e. The highest BCUT2D eigenvalue weighted by molar-refractivity contribution is 6.01. The Morgan fingerprint density at radius 2 is 2.37 bits per heavy atom. The number of ether oxygens (including phenoxy) is 1. The van der Waals surface area contributed by atoms with Crippen molar-refractivity contribution in [2.75, 3.05) is 19.0 Å². The maximum absolute atomic E-state index is 11.8. The van der Waals surface area contributed by atoms with E-state index in [1.807, 2.05) is 0 Å². The number of carbonyl (C=O) groups is 1. The van der Waals surface area contributed by atoms with Crippen LogP contribution < -0.4 is 10.9 Å². The summed E-state index contributed by atoms with van der Waals surface area (Å²) in [6.07, 6.45) is 1.27. The molecule has 2 N–H and O–H groups in total. The summed E-state index contributed by atoms with van der Waals surface area (Å²) in [6, 6.07) is 2.62. The van der Waals surface area contributed by atoms with Crippen LogP contribution in [0.5, 0.6) is 0 Å². The Balaban J connectivity index is 2.15. The molecular formula is C10H12N6O3. The van der Waals surface area contributed by atoms with E-state index in [2.05, 4.69) is 25.6 Å². The van der Waals surface area contributed by atoms with Gasteiger partial charge in [0.25, 0.3) is 11.5 Å². The van der Waals surface area contributed by atoms with Crippen LogP contribution in [0.4, 0.5) is 5.95 Å². The van der Waals surface area contributed by atoms with Gasteiger partial charge in [-0.25, -0.2) is 9.78 Å². The molecule has 9 heteroatoms. The molecule has 0 aliphatic heterocycles. The number of carbonyl (C=O) groups excluding carboxylic acids is 1. The molecule has 2 aromatic heterocycles. The van der Waals surface area contributed by atoms with E-state index >= 15 is 0 Å². The number of anilines is 1. The molecule has 0 saturated carbocycles. The summed E-state index contributed by atoms with van der Waals surface area (Å²) in [6.45, 7) is 0.610. The molecule has 0 aliphatic carbocycles. The van der Waals surface area contributed by atoms with Gasteiger partial charge in [-0.1, -0.05) is 0 Å². The van der Waals surface area contributed by atoms with Crippen LogP contribution in [0, 0.1) is 0 Å². The Morgan fingerprint density at radius 3 is 3.05 bits per heavy atom. The van der Waals surface area contributed by atoms with E-state index in [9.17, 15) is 9.59 Å². The SMILES string of the molecule is COCCn1nc(C(=O)Nc2ncn[nH]2)ccc1=O. The number of hydrogen-bond donors (Lipinski definition) is 2. The van der Waals surface area contributed by atoms with Gasteiger partial charge < -0.3 is 4.74 Å². The van der Waals surface area contributed by atoms with Gasteiger partial charge >= 0.3 is 0 Å². The normalized spacial score (nSPS) is 10.4. The van der Waals surface area contributed by atoms with E-state index in [1.165, 1.54) is 30.3 Å². The molecule has 0 unspecified atom stereocenters. The van der Waals surface area contributed by atoms with Crippen molar-refractivity contribution in [3.8, 4) is 0 Å². The molecule has 0 bridgehead atoms. The number of aromatic nitrogens is 5. The molecule has 0 aromatic carbocycles. The summed E-state index contributed by atoms with van der Waals surface area (Å²) >= 11 is 0. The second-order valence-electron chi connectivity index (χ2n) is 3.56. The first-order valence-electron chi connectivity index (χ1n) is 5.44. The number of H-pyrrole nitrogens is 1. The number of methoxy groups -OCH3 is 1. The van der Waals surface area contributed by atoms with Gasteiger partial charge in [-0.15, -0.1) is 0 Å². The molecule has 9 nitrogen and oxygen atoms in total. The van der Waals surface area contributed by atoms with Gasteiger partial charge in [-0.3, -0.25) is 14.9 Å². The minimum Gasteiger partial charge on any atom is -0.383 e. The van der Waals surface area contributed by atoms with E-state index in [1.54, 1.807) is 0 Å². The van der Waals surface area contributed by atoms with Crippen molar-refractivity contribution in [2.24, 2.45) is 0 Å². The topological polar surface area (TPSA) is 115 Å². The highest BCUT2D eigenvalue weighted by atomic mass is 16.5. The summed E-state index contributed by atoms with van der Waals surface area (Å²) in [4.78, 5) is 27.1. The highest BCUT2D eigenvalue weighted by Crippen LogP contribution is 1.98. The fourth-order valence-corrected chi connectivity index (χ4v) is 1.35. The van der Waals surface area contributed by atoms with Gasteiger partial charge in [0.2, 0.25) is 5.95 Å². The first kappa shape index (κ1) is 12.9. The highest BCUT2D eigenvalue weighted by Gasteiger charge is 2.11. The Hall–Kier alpha value is -2.55. The van der Waals surface area contributed by atoms with Crippen LogP contribution in [0.1, 0.15) is 10.5 Å². The smallest absolute Gasteiger partial charge is 0.278 e. The predicted molar refractivity (Wildman–Crippen MR) is 64.7 cm³/mol. The molecule has 0 radical (unpaired) electrons. The lowest BCUT2D eigenvalue weighted by Crippen LogP contribution is -2.27. The largest absolute Gasteiger partial charge is 0.383 e. The van der Waals surface area contributed by atoms with Crippen molar-refractivity contribution in [3.05, 3.63) is 34.5 Å². The van der Waals surface area contributed by atoms with Crippen molar-refractivity contribution < 1.29 is 9.53 Å². The number of nitrogens with zero attached hydrogens (tertiary/aromatic N) is 4. The average molecular weight is 264 g/mol. The number of rotatable bonds is 5. The lowest BCUT2D eigenvalue weighted by molar-refractivity contribution is 0.101. The molecule has 2 aromatic rings. The number of nitrogens with one attached hydrogen (secondary N) is 2. The third kappa shape index (κ3) is 3.22. The molecule has 0 saturated heterocycles. The maximum atomic E-state index is 11.8. The van der Waals surface area contributed by atoms with Crippen LogP contribution in [0.3, 0.4) is 0 Å². The predicted octanol–water partition coefficient (Wildman–Crippen LogP) is -0.740. The van der Waals surface area contributed by atoms with Gasteiger partial charge in [-0.05, 0) is 6.07 Å². The van der Waals surface area contributed by atoms with E-state index < -0.39 is 5.91 Å². The van der Waals surface area contributed by atoms with E-state index in [0.717, 1.165) is 0 Å². The second-order valence-corrected chi connectivity index (χ2v) is 3.56. The second kappa shape index (κ2) is 5.87. The summed E-state index contributed by atoms with van der Waals surface area (Å²) in [7, 11) is 1.52. The summed E-state index contributed by atoms with van der Waals surface area (Å²) in [5.41, 5.74) is -0.194. The Morgan fingerprint density at radius 1 is 1.53 bits per heavy atom. The van der Waals surface area contributed by atoms with Crippen molar-refractivity contribution in [1.29, 1.82) is 0 Å². The van der Waals surface area contributed by atoms with Crippen LogP contribution in [-0.4, -0.2) is 44.6 Å². The Labute approximate surface area is 107 Å². The molecule has 0 fully saturated rings. The quantitative estimate of drug-likeness (QED) is 0.735. The van der Waals surface area contributed by atoms with Crippen LogP contribution >= 0.6 is 0 Å². The van der Waals surface area contributed by atoms with E-state index in [-0.39, 0.29) is 23.7 Å². The lowest BCUT2D eigenvalue weighted by Gasteiger charge is -2.05. The summed E-state index contributed by atoms with van der Waals surface area (Å²) < 4.78 is 6.03. The molecule has 0 aliphatic rings. The molecule has 0 spiro atoms. The molecule has 2 heterocycles. The van der Waals surface area contributed by atoms with Gasteiger partial charge in [0, 0.05) is 13.2 Å². The molecule has 19 heavy (non-hydrogen) atoms. The van der Waals surface area contributed by atoms with Crippen LogP contribution in [0.15, 0.2) is 23.3 Å². The zero-order valence-electron chi connectivity index (χ0n) is 10.2. The minimum absolute atomic E-state index is 0.104. The summed E-state index contributed by atoms with van der Waals surface area (Å²) in [5, 5.41) is 12.5. The lowest BCUT2D eigenvalue weighted by atomic mass is 10.3.